The maximum Gasteiger partial charge on any atom is 0.341 e. The number of halogens is 1. The zero-order valence-electron chi connectivity index (χ0n) is 17.7. The zero-order chi connectivity index (χ0) is 22.7. The predicted molar refractivity (Wildman–Crippen MR) is 129 cm³/mol. The Bertz CT molecular complexity index is 1270. The summed E-state index contributed by atoms with van der Waals surface area (Å²) in [5.41, 5.74) is 2.60. The van der Waals surface area contributed by atoms with Crippen LogP contribution in [0.4, 0.5) is 9.39 Å². The Labute approximate surface area is 193 Å². The third kappa shape index (κ3) is 4.31. The highest BCUT2D eigenvalue weighted by molar-refractivity contribution is 7.21. The summed E-state index contributed by atoms with van der Waals surface area (Å²) in [4.78, 5) is 26.7. The van der Waals surface area contributed by atoms with E-state index in [1.54, 1.807) is 24.4 Å². The van der Waals surface area contributed by atoms with Crippen LogP contribution in [0, 0.1) is 5.82 Å². The minimum absolute atomic E-state index is 0.210. The van der Waals surface area contributed by atoms with Crippen LogP contribution in [0.1, 0.15) is 45.9 Å². The first-order valence-corrected chi connectivity index (χ1v) is 12.1. The topological polar surface area (TPSA) is 55.4 Å². The van der Waals surface area contributed by atoms with Crippen molar-refractivity contribution in [1.82, 2.24) is 0 Å². The number of hydrogen-bond donors (Lipinski definition) is 1. The summed E-state index contributed by atoms with van der Waals surface area (Å²) in [7, 11) is 0. The van der Waals surface area contributed by atoms with Crippen molar-refractivity contribution in [3.05, 3.63) is 75.7 Å². The van der Waals surface area contributed by atoms with Crippen LogP contribution in [0.3, 0.4) is 0 Å². The molecule has 2 aromatic carbocycles. The van der Waals surface area contributed by atoms with Crippen molar-refractivity contribution >= 4 is 49.6 Å². The van der Waals surface area contributed by atoms with Gasteiger partial charge in [0.05, 0.1) is 11.5 Å². The maximum atomic E-state index is 13.4. The average Bonchev–Trinajstić information content (AvgIpc) is 3.37. The van der Waals surface area contributed by atoms with Gasteiger partial charge in [-0.1, -0.05) is 43.7 Å². The Morgan fingerprint density at radius 1 is 1.06 bits per heavy atom. The number of benzene rings is 2. The van der Waals surface area contributed by atoms with Crippen LogP contribution in [0.25, 0.3) is 21.2 Å². The second-order valence-corrected chi connectivity index (χ2v) is 9.12. The number of thiophene rings is 2. The summed E-state index contributed by atoms with van der Waals surface area (Å²) in [6, 6.07) is 13.9. The molecule has 0 saturated heterocycles. The Morgan fingerprint density at radius 3 is 2.53 bits per heavy atom. The van der Waals surface area contributed by atoms with Gasteiger partial charge in [0.1, 0.15) is 16.4 Å². The molecule has 0 spiro atoms. The third-order valence-electron chi connectivity index (χ3n) is 5.06. The van der Waals surface area contributed by atoms with E-state index >= 15 is 0 Å². The molecule has 0 bridgehead atoms. The van der Waals surface area contributed by atoms with Crippen LogP contribution in [-0.4, -0.2) is 18.5 Å². The molecule has 0 atom stereocenters. The van der Waals surface area contributed by atoms with Gasteiger partial charge in [-0.3, -0.25) is 4.79 Å². The fraction of sp³-hybridized carbons (Fsp3) is 0.200. The molecule has 0 aliphatic heterocycles. The van der Waals surface area contributed by atoms with Crippen molar-refractivity contribution < 1.29 is 18.7 Å². The molecule has 0 aliphatic carbocycles. The van der Waals surface area contributed by atoms with Crippen LogP contribution in [0.2, 0.25) is 0 Å². The highest BCUT2D eigenvalue weighted by atomic mass is 32.1. The minimum atomic E-state index is -0.520. The molecule has 4 rings (SSSR count). The monoisotopic (exact) mass is 467 g/mol. The van der Waals surface area contributed by atoms with Gasteiger partial charge in [-0.05, 0) is 48.1 Å². The smallest absolute Gasteiger partial charge is 0.341 e. The standard InChI is InChI=1S/C25H22FNO3S2/c1-3-7-18-17-8-5-6-9-20(17)32-22(18)23(28)27-24-21(25(29)30-4-2)19(14-31-24)15-10-12-16(26)13-11-15/h5-6,8-14H,3-4,7H2,1-2H3,(H,27,28). The average molecular weight is 468 g/mol. The van der Waals surface area contributed by atoms with E-state index in [1.807, 2.05) is 24.3 Å². The van der Waals surface area contributed by atoms with Crippen molar-refractivity contribution in [3.63, 3.8) is 0 Å². The zero-order valence-corrected chi connectivity index (χ0v) is 19.4. The molecular formula is C25H22FNO3S2. The maximum absolute atomic E-state index is 13.4. The lowest BCUT2D eigenvalue weighted by molar-refractivity contribution is 0.0529. The van der Waals surface area contributed by atoms with Gasteiger partial charge in [0.25, 0.3) is 5.91 Å². The highest BCUT2D eigenvalue weighted by Gasteiger charge is 2.25. The number of amides is 1. The van der Waals surface area contributed by atoms with Crippen LogP contribution in [-0.2, 0) is 11.2 Å². The van der Waals surface area contributed by atoms with Crippen molar-refractivity contribution in [2.24, 2.45) is 0 Å². The van der Waals surface area contributed by atoms with Crippen molar-refractivity contribution in [2.75, 3.05) is 11.9 Å². The molecule has 0 fully saturated rings. The minimum Gasteiger partial charge on any atom is -0.462 e. The van der Waals surface area contributed by atoms with Gasteiger partial charge in [-0.25, -0.2) is 9.18 Å². The van der Waals surface area contributed by atoms with E-state index in [0.717, 1.165) is 28.5 Å². The summed E-state index contributed by atoms with van der Waals surface area (Å²) < 4.78 is 19.7. The molecule has 0 unspecified atom stereocenters. The Morgan fingerprint density at radius 2 is 1.81 bits per heavy atom. The van der Waals surface area contributed by atoms with Gasteiger partial charge >= 0.3 is 5.97 Å². The lowest BCUT2D eigenvalue weighted by Crippen LogP contribution is -2.15. The van der Waals surface area contributed by atoms with Gasteiger partial charge in [0, 0.05) is 15.6 Å². The van der Waals surface area contributed by atoms with Crippen LogP contribution in [0.5, 0.6) is 0 Å². The van der Waals surface area contributed by atoms with Gasteiger partial charge < -0.3 is 10.1 Å². The van der Waals surface area contributed by atoms with E-state index in [4.69, 9.17) is 4.74 Å². The molecule has 164 valence electrons. The molecule has 4 aromatic rings. The molecule has 0 aliphatic rings. The van der Waals surface area contributed by atoms with Crippen molar-refractivity contribution in [3.8, 4) is 11.1 Å². The van der Waals surface area contributed by atoms with Crippen molar-refractivity contribution in [2.45, 2.75) is 26.7 Å². The number of ether oxygens (including phenoxy) is 1. The molecule has 1 amide bonds. The number of rotatable bonds is 7. The van der Waals surface area contributed by atoms with E-state index in [2.05, 4.69) is 12.2 Å². The number of esters is 1. The van der Waals surface area contributed by atoms with Gasteiger partial charge in [-0.2, -0.15) is 0 Å². The van der Waals surface area contributed by atoms with E-state index < -0.39 is 5.97 Å². The molecule has 7 heteroatoms. The van der Waals surface area contributed by atoms with E-state index in [-0.39, 0.29) is 23.9 Å². The number of fused-ring (bicyclic) bond motifs is 1. The second kappa shape index (κ2) is 9.63. The van der Waals surface area contributed by atoms with Gasteiger partial charge in [0.2, 0.25) is 0 Å². The first-order valence-electron chi connectivity index (χ1n) is 10.4. The Kier molecular flexibility index (Phi) is 6.67. The Hall–Kier alpha value is -3.03. The largest absolute Gasteiger partial charge is 0.462 e. The number of aryl methyl sites for hydroxylation is 1. The summed E-state index contributed by atoms with van der Waals surface area (Å²) in [5.74, 6) is -1.12. The van der Waals surface area contributed by atoms with Crippen LogP contribution < -0.4 is 5.32 Å². The number of nitrogens with one attached hydrogen (secondary N) is 1. The van der Waals surface area contributed by atoms with E-state index in [9.17, 15) is 14.0 Å². The lowest BCUT2D eigenvalue weighted by Gasteiger charge is -2.09. The molecule has 1 N–H and O–H groups in total. The predicted octanol–water partition coefficient (Wildman–Crippen LogP) is 7.15. The van der Waals surface area contributed by atoms with Crippen LogP contribution >= 0.6 is 22.7 Å². The first kappa shape index (κ1) is 22.2. The molecule has 2 heterocycles. The highest BCUT2D eigenvalue weighted by Crippen LogP contribution is 2.38. The number of anilines is 1. The van der Waals surface area contributed by atoms with E-state index in [1.165, 1.54) is 34.8 Å². The van der Waals surface area contributed by atoms with Gasteiger partial charge in [0.15, 0.2) is 0 Å². The lowest BCUT2D eigenvalue weighted by atomic mass is 10.0. The number of carbonyl (C=O) groups is 2. The molecule has 4 nitrogen and oxygen atoms in total. The molecule has 0 radical (unpaired) electrons. The SMILES string of the molecule is CCCc1c(C(=O)Nc2scc(-c3ccc(F)cc3)c2C(=O)OCC)sc2ccccc12. The first-order chi connectivity index (χ1) is 15.5. The molecular weight excluding hydrogens is 445 g/mol. The quantitative estimate of drug-likeness (QED) is 0.294. The Balaban J connectivity index is 1.74. The van der Waals surface area contributed by atoms with Crippen molar-refractivity contribution in [1.29, 1.82) is 0 Å². The summed E-state index contributed by atoms with van der Waals surface area (Å²) in [6.45, 7) is 4.03. The third-order valence-corrected chi connectivity index (χ3v) is 7.16. The molecule has 32 heavy (non-hydrogen) atoms. The normalized spacial score (nSPS) is 11.0. The fourth-order valence-electron chi connectivity index (χ4n) is 3.64. The summed E-state index contributed by atoms with van der Waals surface area (Å²) in [5, 5.41) is 6.24. The molecule has 2 aromatic heterocycles. The summed E-state index contributed by atoms with van der Waals surface area (Å²) >= 11 is 2.71. The number of hydrogen-bond acceptors (Lipinski definition) is 5. The van der Waals surface area contributed by atoms with Crippen LogP contribution in [0.15, 0.2) is 53.9 Å². The summed E-state index contributed by atoms with van der Waals surface area (Å²) in [6.07, 6.45) is 1.71. The molecule has 0 saturated carbocycles. The second-order valence-electron chi connectivity index (χ2n) is 7.19. The van der Waals surface area contributed by atoms with E-state index in [0.29, 0.717) is 21.0 Å². The fourth-order valence-corrected chi connectivity index (χ4v) is 5.74. The van der Waals surface area contributed by atoms with Gasteiger partial charge in [-0.15, -0.1) is 22.7 Å². The number of carbonyl (C=O) groups excluding carboxylic acids is 2.